The molecule has 0 amide bonds. The summed E-state index contributed by atoms with van der Waals surface area (Å²) in [6, 6.07) is 4.33. The van der Waals surface area contributed by atoms with Gasteiger partial charge in [0.1, 0.15) is 5.82 Å². The van der Waals surface area contributed by atoms with E-state index in [4.69, 9.17) is 9.72 Å². The van der Waals surface area contributed by atoms with Crippen LogP contribution < -0.4 is 4.90 Å². The Hall–Kier alpha value is -2.41. The van der Waals surface area contributed by atoms with E-state index >= 15 is 0 Å². The van der Waals surface area contributed by atoms with Crippen LogP contribution in [0.3, 0.4) is 0 Å². The van der Waals surface area contributed by atoms with Crippen molar-refractivity contribution in [2.75, 3.05) is 24.7 Å². The Kier molecular flexibility index (Phi) is 3.07. The first-order valence-corrected chi connectivity index (χ1v) is 7.44. The van der Waals surface area contributed by atoms with Crippen molar-refractivity contribution in [3.05, 3.63) is 30.1 Å². The van der Waals surface area contributed by atoms with Crippen LogP contribution in [-0.2, 0) is 4.74 Å². The minimum Gasteiger partial charge on any atom is -0.377 e. The number of aromatic nitrogens is 5. The topological polar surface area (TPSA) is 71.9 Å². The quantitative estimate of drug-likeness (QED) is 0.779. The first-order valence-electron chi connectivity index (χ1n) is 7.44. The third-order valence-corrected chi connectivity index (χ3v) is 4.10. The van der Waals surface area contributed by atoms with Crippen LogP contribution in [0.15, 0.2) is 24.5 Å². The number of aromatic amines is 1. The Morgan fingerprint density at radius 2 is 2.27 bits per heavy atom. The molecule has 0 spiro atoms. The fourth-order valence-corrected chi connectivity index (χ4v) is 2.89. The lowest BCUT2D eigenvalue weighted by atomic mass is 10.2. The van der Waals surface area contributed by atoms with E-state index in [1.165, 1.54) is 5.56 Å². The molecule has 1 fully saturated rings. The van der Waals surface area contributed by atoms with Gasteiger partial charge in [-0.2, -0.15) is 14.9 Å². The smallest absolute Gasteiger partial charge is 0.177 e. The fourth-order valence-electron chi connectivity index (χ4n) is 2.89. The van der Waals surface area contributed by atoms with Crippen LogP contribution in [0.5, 0.6) is 0 Å². The molecule has 0 saturated carbocycles. The number of hydrogen-bond acceptors (Lipinski definition) is 5. The van der Waals surface area contributed by atoms with Gasteiger partial charge in [-0.1, -0.05) is 0 Å². The Morgan fingerprint density at radius 1 is 1.36 bits per heavy atom. The van der Waals surface area contributed by atoms with E-state index in [0.29, 0.717) is 6.04 Å². The fraction of sp³-hybridized carbons (Fsp3) is 0.400. The Labute approximate surface area is 127 Å². The zero-order valence-corrected chi connectivity index (χ0v) is 12.7. The highest BCUT2D eigenvalue weighted by atomic mass is 16.5. The molecule has 1 saturated heterocycles. The van der Waals surface area contributed by atoms with Crippen molar-refractivity contribution in [2.45, 2.75) is 19.9 Å². The van der Waals surface area contributed by atoms with Crippen molar-refractivity contribution in [3.63, 3.8) is 0 Å². The van der Waals surface area contributed by atoms with E-state index in [1.807, 2.05) is 12.3 Å². The van der Waals surface area contributed by atoms with Gasteiger partial charge in [-0.25, -0.2) is 4.98 Å². The van der Waals surface area contributed by atoms with E-state index in [-0.39, 0.29) is 0 Å². The van der Waals surface area contributed by atoms with Gasteiger partial charge in [0.2, 0.25) is 0 Å². The Bertz CT molecular complexity index is 794. The van der Waals surface area contributed by atoms with Crippen molar-refractivity contribution < 1.29 is 4.74 Å². The maximum Gasteiger partial charge on any atom is 0.177 e. The molecule has 0 unspecified atom stereocenters. The third kappa shape index (κ3) is 2.05. The van der Waals surface area contributed by atoms with Gasteiger partial charge in [-0.15, -0.1) is 0 Å². The summed E-state index contributed by atoms with van der Waals surface area (Å²) < 4.78 is 7.29. The Balaban J connectivity index is 1.85. The number of nitrogens with one attached hydrogen (secondary N) is 1. The van der Waals surface area contributed by atoms with Crippen molar-refractivity contribution >= 4 is 16.9 Å². The number of aryl methyl sites for hydroxylation is 1. The van der Waals surface area contributed by atoms with Crippen LogP contribution in [-0.4, -0.2) is 50.8 Å². The van der Waals surface area contributed by atoms with Crippen molar-refractivity contribution in [1.29, 1.82) is 0 Å². The summed E-state index contributed by atoms with van der Waals surface area (Å²) in [4.78, 5) is 7.13. The Morgan fingerprint density at radius 3 is 3.05 bits per heavy atom. The van der Waals surface area contributed by atoms with E-state index in [2.05, 4.69) is 40.1 Å². The van der Waals surface area contributed by atoms with Gasteiger partial charge in [-0.05, 0) is 25.5 Å². The van der Waals surface area contributed by atoms with Gasteiger partial charge in [0, 0.05) is 24.2 Å². The summed E-state index contributed by atoms with van der Waals surface area (Å²) in [7, 11) is 0. The van der Waals surface area contributed by atoms with Crippen LogP contribution in [0, 0.1) is 6.92 Å². The van der Waals surface area contributed by atoms with E-state index in [1.54, 1.807) is 10.9 Å². The summed E-state index contributed by atoms with van der Waals surface area (Å²) in [5, 5.41) is 12.5. The van der Waals surface area contributed by atoms with E-state index in [0.717, 1.165) is 42.4 Å². The number of rotatable bonds is 2. The molecule has 7 nitrogen and oxygen atoms in total. The van der Waals surface area contributed by atoms with Gasteiger partial charge < -0.3 is 9.64 Å². The molecule has 0 aromatic carbocycles. The summed E-state index contributed by atoms with van der Waals surface area (Å²) in [6.45, 7) is 6.58. The number of pyridine rings is 1. The highest BCUT2D eigenvalue weighted by Crippen LogP contribution is 2.25. The molecule has 3 aromatic heterocycles. The molecule has 1 N–H and O–H groups in total. The number of nitrogens with zero attached hydrogens (tertiary/aromatic N) is 5. The first-order chi connectivity index (χ1) is 10.7. The van der Waals surface area contributed by atoms with E-state index in [9.17, 15) is 0 Å². The molecule has 0 bridgehead atoms. The minimum absolute atomic E-state index is 0.319. The molecular weight excluding hydrogens is 280 g/mol. The molecule has 4 heterocycles. The van der Waals surface area contributed by atoms with Crippen LogP contribution >= 0.6 is 0 Å². The van der Waals surface area contributed by atoms with Gasteiger partial charge >= 0.3 is 0 Å². The number of anilines is 1. The highest BCUT2D eigenvalue weighted by Gasteiger charge is 2.22. The average Bonchev–Trinajstić information content (AvgIpc) is 3.16. The molecule has 3 aromatic rings. The molecule has 0 radical (unpaired) electrons. The number of ether oxygens (including phenoxy) is 1. The highest BCUT2D eigenvalue weighted by molar-refractivity contribution is 5.82. The zero-order valence-electron chi connectivity index (χ0n) is 12.7. The molecular formula is C15H18N6O. The second-order valence-electron chi connectivity index (χ2n) is 5.64. The van der Waals surface area contributed by atoms with Crippen LogP contribution in [0.2, 0.25) is 0 Å². The summed E-state index contributed by atoms with van der Waals surface area (Å²) in [5.74, 6) is 1.71. The molecule has 0 aliphatic carbocycles. The largest absolute Gasteiger partial charge is 0.377 e. The summed E-state index contributed by atoms with van der Waals surface area (Å²) >= 11 is 0. The lowest BCUT2D eigenvalue weighted by Gasteiger charge is -2.34. The SMILES string of the molecule is Cc1cc(N2CCOC[C@H]2C)nc2c1cnn2-c1cc[nH]n1. The van der Waals surface area contributed by atoms with Gasteiger partial charge in [0.25, 0.3) is 0 Å². The lowest BCUT2D eigenvalue weighted by molar-refractivity contribution is 0.0985. The molecule has 7 heteroatoms. The number of hydrogen-bond donors (Lipinski definition) is 1. The summed E-state index contributed by atoms with van der Waals surface area (Å²) in [6.07, 6.45) is 3.63. The number of morpholine rings is 1. The molecule has 22 heavy (non-hydrogen) atoms. The normalized spacial score (nSPS) is 19.0. The predicted molar refractivity (Wildman–Crippen MR) is 83.4 cm³/mol. The standard InChI is InChI=1S/C15H18N6O/c1-10-7-14(20-5-6-22-9-11(20)2)18-15-12(10)8-17-21(15)13-3-4-16-19-13/h3-4,7-8,11H,5-6,9H2,1-2H3,(H,16,19)/t11-/m1/s1. The molecule has 1 aliphatic rings. The van der Waals surface area contributed by atoms with E-state index < -0.39 is 0 Å². The maximum atomic E-state index is 5.52. The predicted octanol–water partition coefficient (Wildman–Crippen LogP) is 1.68. The molecule has 1 atom stereocenters. The van der Waals surface area contributed by atoms with Crippen LogP contribution in [0.4, 0.5) is 5.82 Å². The van der Waals surface area contributed by atoms with Gasteiger partial charge in [-0.3, -0.25) is 5.10 Å². The van der Waals surface area contributed by atoms with Gasteiger partial charge in [0.05, 0.1) is 25.5 Å². The van der Waals surface area contributed by atoms with Crippen LogP contribution in [0.1, 0.15) is 12.5 Å². The summed E-state index contributed by atoms with van der Waals surface area (Å²) in [5.41, 5.74) is 2.00. The zero-order chi connectivity index (χ0) is 15.1. The molecule has 1 aliphatic heterocycles. The monoisotopic (exact) mass is 298 g/mol. The average molecular weight is 298 g/mol. The van der Waals surface area contributed by atoms with Crippen LogP contribution in [0.25, 0.3) is 16.9 Å². The third-order valence-electron chi connectivity index (χ3n) is 4.10. The molecule has 114 valence electrons. The number of H-pyrrole nitrogens is 1. The van der Waals surface area contributed by atoms with Crippen molar-refractivity contribution in [2.24, 2.45) is 0 Å². The first kappa shape index (κ1) is 13.3. The number of fused-ring (bicyclic) bond motifs is 1. The van der Waals surface area contributed by atoms with Gasteiger partial charge in [0.15, 0.2) is 11.5 Å². The lowest BCUT2D eigenvalue weighted by Crippen LogP contribution is -2.44. The second-order valence-corrected chi connectivity index (χ2v) is 5.64. The second kappa shape index (κ2) is 5.10. The van der Waals surface area contributed by atoms with Crippen molar-refractivity contribution in [3.8, 4) is 5.82 Å². The minimum atomic E-state index is 0.319. The maximum absolute atomic E-state index is 5.52. The molecule has 4 rings (SSSR count). The van der Waals surface area contributed by atoms with Crippen molar-refractivity contribution in [1.82, 2.24) is 25.0 Å².